The molecule has 0 unspecified atom stereocenters. The van der Waals surface area contributed by atoms with Crippen molar-refractivity contribution in [1.82, 2.24) is 19.9 Å². The van der Waals surface area contributed by atoms with Crippen molar-refractivity contribution in [2.75, 3.05) is 6.54 Å². The van der Waals surface area contributed by atoms with Gasteiger partial charge in [0.1, 0.15) is 5.56 Å². The van der Waals surface area contributed by atoms with E-state index in [4.69, 9.17) is 0 Å². The van der Waals surface area contributed by atoms with Gasteiger partial charge in [0.15, 0.2) is 5.65 Å². The van der Waals surface area contributed by atoms with E-state index in [2.05, 4.69) is 15.4 Å². The van der Waals surface area contributed by atoms with Crippen LogP contribution in [0.4, 0.5) is 0 Å². The van der Waals surface area contributed by atoms with Gasteiger partial charge in [-0.3, -0.25) is 4.79 Å². The Morgan fingerprint density at radius 3 is 2.85 bits per heavy atom. The number of aryl methyl sites for hydroxylation is 1. The first-order valence-corrected chi connectivity index (χ1v) is 8.38. The number of rotatable bonds is 4. The van der Waals surface area contributed by atoms with E-state index in [0.29, 0.717) is 11.2 Å². The van der Waals surface area contributed by atoms with Gasteiger partial charge >= 0.3 is 0 Å². The van der Waals surface area contributed by atoms with Crippen molar-refractivity contribution in [1.29, 1.82) is 0 Å². The Labute approximate surface area is 150 Å². The maximum absolute atomic E-state index is 12.5. The molecule has 2 N–H and O–H groups in total. The van der Waals surface area contributed by atoms with Crippen LogP contribution < -0.4 is 5.32 Å². The topological polar surface area (TPSA) is 79.5 Å². The number of benzene rings is 2. The van der Waals surface area contributed by atoms with Crippen LogP contribution in [-0.4, -0.2) is 32.2 Å². The lowest BCUT2D eigenvalue weighted by molar-refractivity contribution is 0.0918. The maximum Gasteiger partial charge on any atom is 0.256 e. The summed E-state index contributed by atoms with van der Waals surface area (Å²) in [7, 11) is 0. The van der Waals surface area contributed by atoms with E-state index in [1.807, 2.05) is 55.5 Å². The number of fused-ring (bicyclic) bond motifs is 2. The summed E-state index contributed by atoms with van der Waals surface area (Å²) in [5, 5.41) is 19.5. The van der Waals surface area contributed by atoms with E-state index in [1.165, 1.54) is 6.20 Å². The number of nitrogens with zero attached hydrogens (tertiary/aromatic N) is 3. The highest BCUT2D eigenvalue weighted by atomic mass is 16.3. The number of aromatic nitrogens is 3. The number of nitrogens with one attached hydrogen (secondary N) is 1. The van der Waals surface area contributed by atoms with Gasteiger partial charge in [-0.2, -0.15) is 5.10 Å². The van der Waals surface area contributed by atoms with Gasteiger partial charge in [0, 0.05) is 18.4 Å². The molecule has 2 aromatic carbocycles. The lowest BCUT2D eigenvalue weighted by atomic mass is 10.0. The summed E-state index contributed by atoms with van der Waals surface area (Å²) in [6.45, 7) is 1.97. The predicted molar refractivity (Wildman–Crippen MR) is 99.0 cm³/mol. The van der Waals surface area contributed by atoms with Crippen molar-refractivity contribution >= 4 is 22.3 Å². The van der Waals surface area contributed by atoms with Crippen LogP contribution in [0.25, 0.3) is 16.4 Å². The van der Waals surface area contributed by atoms with E-state index in [0.717, 1.165) is 22.0 Å². The highest BCUT2D eigenvalue weighted by molar-refractivity contribution is 5.99. The summed E-state index contributed by atoms with van der Waals surface area (Å²) in [6, 6.07) is 15.6. The summed E-state index contributed by atoms with van der Waals surface area (Å²) >= 11 is 0. The number of hydrogen-bond acceptors (Lipinski definition) is 4. The van der Waals surface area contributed by atoms with Crippen molar-refractivity contribution < 1.29 is 9.90 Å². The van der Waals surface area contributed by atoms with Gasteiger partial charge in [-0.15, -0.1) is 0 Å². The molecule has 2 heterocycles. The molecule has 6 heteroatoms. The van der Waals surface area contributed by atoms with Gasteiger partial charge in [-0.05, 0) is 35.4 Å². The zero-order chi connectivity index (χ0) is 18.1. The first kappa shape index (κ1) is 16.2. The van der Waals surface area contributed by atoms with Gasteiger partial charge in [0.05, 0.1) is 12.3 Å². The van der Waals surface area contributed by atoms with Crippen LogP contribution >= 0.6 is 0 Å². The SMILES string of the molecule is Cc1ccn2ncc(C(=O)NC[C@@H](O)c3ccc4ccccc4c3)c2n1. The van der Waals surface area contributed by atoms with E-state index in [9.17, 15) is 9.90 Å². The van der Waals surface area contributed by atoms with Crippen molar-refractivity contribution in [2.45, 2.75) is 13.0 Å². The number of carbonyl (C=O) groups excluding carboxylic acids is 1. The quantitative estimate of drug-likeness (QED) is 0.595. The van der Waals surface area contributed by atoms with Gasteiger partial charge in [0.2, 0.25) is 0 Å². The molecule has 26 heavy (non-hydrogen) atoms. The molecule has 0 spiro atoms. The first-order valence-electron chi connectivity index (χ1n) is 8.38. The third-order valence-corrected chi connectivity index (χ3v) is 4.37. The molecule has 0 aliphatic rings. The van der Waals surface area contributed by atoms with E-state index in [1.54, 1.807) is 10.7 Å². The molecule has 0 radical (unpaired) electrons. The standard InChI is InChI=1S/C20H18N4O2/c1-13-8-9-24-19(23-13)17(11-22-24)20(26)21-12-18(25)16-7-6-14-4-2-3-5-15(14)10-16/h2-11,18,25H,12H2,1H3,(H,21,26)/t18-/m1/s1. The minimum atomic E-state index is -0.792. The fourth-order valence-corrected chi connectivity index (χ4v) is 2.94. The molecule has 0 fully saturated rings. The summed E-state index contributed by atoms with van der Waals surface area (Å²) in [5.41, 5.74) is 2.46. The highest BCUT2D eigenvalue weighted by Crippen LogP contribution is 2.20. The van der Waals surface area contributed by atoms with Gasteiger partial charge in [0.25, 0.3) is 5.91 Å². The maximum atomic E-state index is 12.5. The molecule has 0 saturated carbocycles. The Bertz CT molecular complexity index is 1100. The van der Waals surface area contributed by atoms with Crippen LogP contribution in [0.2, 0.25) is 0 Å². The number of aliphatic hydroxyl groups is 1. The minimum Gasteiger partial charge on any atom is -0.387 e. The molecular formula is C20H18N4O2. The lowest BCUT2D eigenvalue weighted by Gasteiger charge is -2.13. The minimum absolute atomic E-state index is 0.111. The summed E-state index contributed by atoms with van der Waals surface area (Å²) < 4.78 is 1.56. The largest absolute Gasteiger partial charge is 0.387 e. The zero-order valence-electron chi connectivity index (χ0n) is 14.3. The Morgan fingerprint density at radius 2 is 2.00 bits per heavy atom. The molecule has 0 bridgehead atoms. The normalized spacial score (nSPS) is 12.4. The second-order valence-electron chi connectivity index (χ2n) is 6.23. The molecule has 6 nitrogen and oxygen atoms in total. The van der Waals surface area contributed by atoms with Gasteiger partial charge in [-0.25, -0.2) is 9.50 Å². The third kappa shape index (κ3) is 3.02. The van der Waals surface area contributed by atoms with Crippen LogP contribution in [-0.2, 0) is 0 Å². The molecule has 4 aromatic rings. The van der Waals surface area contributed by atoms with E-state index in [-0.39, 0.29) is 12.5 Å². The van der Waals surface area contributed by atoms with Crippen LogP contribution in [0.5, 0.6) is 0 Å². The molecule has 1 atom stereocenters. The van der Waals surface area contributed by atoms with Crippen molar-refractivity contribution in [3.63, 3.8) is 0 Å². The van der Waals surface area contributed by atoms with Crippen LogP contribution in [0.1, 0.15) is 27.7 Å². The number of amides is 1. The summed E-state index contributed by atoms with van der Waals surface area (Å²) in [6.07, 6.45) is 2.46. The molecule has 0 saturated heterocycles. The Hall–Kier alpha value is -3.25. The average molecular weight is 346 g/mol. The van der Waals surface area contributed by atoms with Crippen molar-refractivity contribution in [2.24, 2.45) is 0 Å². The zero-order valence-corrected chi connectivity index (χ0v) is 14.3. The smallest absolute Gasteiger partial charge is 0.256 e. The van der Waals surface area contributed by atoms with Gasteiger partial charge in [-0.1, -0.05) is 36.4 Å². The predicted octanol–water partition coefficient (Wildman–Crippen LogP) is 2.65. The molecule has 0 aliphatic carbocycles. The summed E-state index contributed by atoms with van der Waals surface area (Å²) in [5.74, 6) is -0.307. The average Bonchev–Trinajstić information content (AvgIpc) is 3.08. The number of aliphatic hydroxyl groups excluding tert-OH is 1. The van der Waals surface area contributed by atoms with Crippen LogP contribution in [0, 0.1) is 6.92 Å². The monoisotopic (exact) mass is 346 g/mol. The molecule has 0 aliphatic heterocycles. The lowest BCUT2D eigenvalue weighted by Crippen LogP contribution is -2.28. The molecule has 1 amide bonds. The van der Waals surface area contributed by atoms with Crippen molar-refractivity contribution in [3.05, 3.63) is 77.7 Å². The fraction of sp³-hybridized carbons (Fsp3) is 0.150. The molecule has 130 valence electrons. The van der Waals surface area contributed by atoms with Crippen molar-refractivity contribution in [3.8, 4) is 0 Å². The summed E-state index contributed by atoms with van der Waals surface area (Å²) in [4.78, 5) is 16.8. The first-order chi connectivity index (χ1) is 12.6. The Balaban J connectivity index is 1.50. The second kappa shape index (κ2) is 6.57. The third-order valence-electron chi connectivity index (χ3n) is 4.37. The van der Waals surface area contributed by atoms with Gasteiger partial charge < -0.3 is 10.4 Å². The fourth-order valence-electron chi connectivity index (χ4n) is 2.94. The second-order valence-corrected chi connectivity index (χ2v) is 6.23. The molecule has 4 rings (SSSR count). The Kier molecular flexibility index (Phi) is 4.10. The highest BCUT2D eigenvalue weighted by Gasteiger charge is 2.16. The van der Waals surface area contributed by atoms with E-state index < -0.39 is 6.10 Å². The molecular weight excluding hydrogens is 328 g/mol. The number of carbonyl (C=O) groups is 1. The van der Waals surface area contributed by atoms with Crippen LogP contribution in [0.15, 0.2) is 60.9 Å². The van der Waals surface area contributed by atoms with E-state index >= 15 is 0 Å². The number of hydrogen-bond donors (Lipinski definition) is 2. The Morgan fingerprint density at radius 1 is 1.19 bits per heavy atom. The van der Waals surface area contributed by atoms with Crippen LogP contribution in [0.3, 0.4) is 0 Å². The molecule has 2 aromatic heterocycles.